The van der Waals surface area contributed by atoms with E-state index in [4.69, 9.17) is 11.6 Å². The number of hydrogen-bond donors (Lipinski definition) is 0. The maximum absolute atomic E-state index is 6.16. The van der Waals surface area contributed by atoms with Crippen molar-refractivity contribution in [3.63, 3.8) is 0 Å². The third kappa shape index (κ3) is 1.39. The number of aromatic nitrogens is 1. The summed E-state index contributed by atoms with van der Waals surface area (Å²) in [6, 6.07) is 19.6. The molecule has 0 N–H and O–H groups in total. The van der Waals surface area contributed by atoms with Crippen molar-refractivity contribution in [1.82, 2.24) is 4.98 Å². The van der Waals surface area contributed by atoms with Gasteiger partial charge in [0, 0.05) is 18.0 Å². The second-order valence-electron chi connectivity index (χ2n) is 5.76. The molecule has 0 amide bonds. The molecule has 0 saturated carbocycles. The molecule has 3 aliphatic rings. The molecule has 21 heavy (non-hydrogen) atoms. The van der Waals surface area contributed by atoms with Crippen LogP contribution in [0.15, 0.2) is 60.8 Å². The standard InChI is InChI=1S/C19H12ClN/c20-17-9-15-16(10-21-17)19-13-7-3-1-5-11(13)18(15)12-6-2-4-8-14(12)19/h1-10,18-19H. The van der Waals surface area contributed by atoms with Crippen LogP contribution >= 0.6 is 11.6 Å². The highest BCUT2D eigenvalue weighted by Gasteiger charge is 2.41. The Kier molecular flexibility index (Phi) is 2.17. The van der Waals surface area contributed by atoms with Crippen molar-refractivity contribution in [2.75, 3.05) is 0 Å². The highest BCUT2D eigenvalue weighted by atomic mass is 35.5. The molecule has 0 spiro atoms. The van der Waals surface area contributed by atoms with Crippen LogP contribution in [-0.2, 0) is 0 Å². The van der Waals surface area contributed by atoms with Crippen molar-refractivity contribution >= 4 is 11.6 Å². The molecule has 1 nitrogen and oxygen atoms in total. The van der Waals surface area contributed by atoms with Crippen molar-refractivity contribution in [3.8, 4) is 0 Å². The normalized spacial score (nSPS) is 20.6. The SMILES string of the molecule is Clc1cc2c(cn1)C1c3ccccc3C2c2ccccc21. The summed E-state index contributed by atoms with van der Waals surface area (Å²) < 4.78 is 0. The van der Waals surface area contributed by atoms with Crippen molar-refractivity contribution in [2.24, 2.45) is 0 Å². The lowest BCUT2D eigenvalue weighted by molar-refractivity contribution is 0.748. The zero-order valence-electron chi connectivity index (χ0n) is 11.3. The molecule has 0 saturated heterocycles. The van der Waals surface area contributed by atoms with E-state index in [1.807, 2.05) is 12.3 Å². The van der Waals surface area contributed by atoms with Crippen molar-refractivity contribution in [3.05, 3.63) is 99.3 Å². The fraction of sp³-hybridized carbons (Fsp3) is 0.105. The molecule has 1 aromatic heterocycles. The van der Waals surface area contributed by atoms with E-state index < -0.39 is 0 Å². The predicted octanol–water partition coefficient (Wildman–Crippen LogP) is 4.72. The minimum atomic E-state index is 0.290. The Morgan fingerprint density at radius 3 is 1.67 bits per heavy atom. The van der Waals surface area contributed by atoms with Gasteiger partial charge in [0.25, 0.3) is 0 Å². The predicted molar refractivity (Wildman–Crippen MR) is 84.0 cm³/mol. The van der Waals surface area contributed by atoms with Crippen LogP contribution in [0.4, 0.5) is 0 Å². The van der Waals surface area contributed by atoms with E-state index in [2.05, 4.69) is 53.5 Å². The summed E-state index contributed by atoms with van der Waals surface area (Å²) >= 11 is 6.16. The first-order chi connectivity index (χ1) is 10.3. The van der Waals surface area contributed by atoms with E-state index in [1.54, 1.807) is 0 Å². The molecular weight excluding hydrogens is 278 g/mol. The highest BCUT2D eigenvalue weighted by molar-refractivity contribution is 6.29. The average molecular weight is 290 g/mol. The maximum atomic E-state index is 6.16. The number of halogens is 1. The van der Waals surface area contributed by atoms with Crippen LogP contribution in [0.2, 0.25) is 5.15 Å². The van der Waals surface area contributed by atoms with Crippen molar-refractivity contribution < 1.29 is 0 Å². The van der Waals surface area contributed by atoms with Crippen molar-refractivity contribution in [1.29, 1.82) is 0 Å². The molecule has 2 bridgehead atoms. The van der Waals surface area contributed by atoms with Gasteiger partial charge in [-0.2, -0.15) is 0 Å². The van der Waals surface area contributed by atoms with Crippen LogP contribution in [-0.4, -0.2) is 4.98 Å². The van der Waals surface area contributed by atoms with E-state index in [9.17, 15) is 0 Å². The lowest BCUT2D eigenvalue weighted by Crippen LogP contribution is -2.27. The average Bonchev–Trinajstić information content (AvgIpc) is 2.54. The summed E-state index contributed by atoms with van der Waals surface area (Å²) in [6.07, 6.45) is 1.96. The fourth-order valence-electron chi connectivity index (χ4n) is 4.02. The number of nitrogens with zero attached hydrogens (tertiary/aromatic N) is 1. The smallest absolute Gasteiger partial charge is 0.129 e. The topological polar surface area (TPSA) is 12.9 Å². The molecule has 3 aliphatic carbocycles. The first-order valence-electron chi connectivity index (χ1n) is 7.17. The Balaban J connectivity index is 1.92. The van der Waals surface area contributed by atoms with Crippen LogP contribution in [0.1, 0.15) is 45.2 Å². The van der Waals surface area contributed by atoms with Crippen LogP contribution in [0.5, 0.6) is 0 Å². The molecule has 0 unspecified atom stereocenters. The Bertz CT molecular complexity index is 837. The molecule has 6 rings (SSSR count). The van der Waals surface area contributed by atoms with Gasteiger partial charge < -0.3 is 0 Å². The van der Waals surface area contributed by atoms with E-state index in [1.165, 1.54) is 33.4 Å². The van der Waals surface area contributed by atoms with Gasteiger partial charge in [0.1, 0.15) is 5.15 Å². The summed E-state index contributed by atoms with van der Waals surface area (Å²) in [6.45, 7) is 0. The Labute approximate surface area is 128 Å². The van der Waals surface area contributed by atoms with E-state index in [-0.39, 0.29) is 5.92 Å². The first kappa shape index (κ1) is 11.5. The quantitative estimate of drug-likeness (QED) is 0.376. The van der Waals surface area contributed by atoms with Gasteiger partial charge >= 0.3 is 0 Å². The Hall–Kier alpha value is -2.12. The van der Waals surface area contributed by atoms with Crippen LogP contribution in [0.3, 0.4) is 0 Å². The largest absolute Gasteiger partial charge is 0.244 e. The zero-order chi connectivity index (χ0) is 14.0. The third-order valence-corrected chi connectivity index (χ3v) is 5.00. The Morgan fingerprint density at radius 1 is 0.667 bits per heavy atom. The van der Waals surface area contributed by atoms with Gasteiger partial charge in [-0.3, -0.25) is 0 Å². The van der Waals surface area contributed by atoms with Crippen molar-refractivity contribution in [2.45, 2.75) is 11.8 Å². The molecule has 2 aromatic carbocycles. The first-order valence-corrected chi connectivity index (χ1v) is 7.55. The maximum Gasteiger partial charge on any atom is 0.129 e. The lowest BCUT2D eigenvalue weighted by atomic mass is 9.61. The van der Waals surface area contributed by atoms with Gasteiger partial charge in [0.05, 0.1) is 0 Å². The second kappa shape index (κ2) is 3.96. The van der Waals surface area contributed by atoms with Gasteiger partial charge in [0.15, 0.2) is 0 Å². The minimum absolute atomic E-state index is 0.290. The summed E-state index contributed by atoms with van der Waals surface area (Å²) in [7, 11) is 0. The molecule has 3 aromatic rings. The summed E-state index contributed by atoms with van der Waals surface area (Å²) in [4.78, 5) is 4.32. The molecular formula is C19H12ClN. The number of benzene rings is 2. The Morgan fingerprint density at radius 2 is 1.14 bits per heavy atom. The number of pyridine rings is 1. The minimum Gasteiger partial charge on any atom is -0.244 e. The molecule has 100 valence electrons. The molecule has 0 radical (unpaired) electrons. The summed E-state index contributed by atoms with van der Waals surface area (Å²) in [5.74, 6) is 0.583. The van der Waals surface area contributed by atoms with Gasteiger partial charge in [-0.25, -0.2) is 4.98 Å². The van der Waals surface area contributed by atoms with Gasteiger partial charge in [0.2, 0.25) is 0 Å². The number of hydrogen-bond acceptors (Lipinski definition) is 1. The van der Waals surface area contributed by atoms with E-state index >= 15 is 0 Å². The highest BCUT2D eigenvalue weighted by Crippen LogP contribution is 2.55. The lowest BCUT2D eigenvalue weighted by Gasteiger charge is -2.41. The van der Waals surface area contributed by atoms with Gasteiger partial charge in [-0.1, -0.05) is 60.1 Å². The second-order valence-corrected chi connectivity index (χ2v) is 6.15. The summed E-state index contributed by atoms with van der Waals surface area (Å²) in [5.41, 5.74) is 8.28. The molecule has 2 heteroatoms. The van der Waals surface area contributed by atoms with E-state index in [0.717, 1.165) is 0 Å². The van der Waals surface area contributed by atoms with Crippen LogP contribution in [0, 0.1) is 0 Å². The summed E-state index contributed by atoms with van der Waals surface area (Å²) in [5, 5.41) is 0.580. The molecule has 1 heterocycles. The molecule has 0 aliphatic heterocycles. The third-order valence-electron chi connectivity index (χ3n) is 4.79. The fourth-order valence-corrected chi connectivity index (χ4v) is 4.19. The van der Waals surface area contributed by atoms with Crippen LogP contribution in [0.25, 0.3) is 0 Å². The molecule has 0 atom stereocenters. The molecule has 0 fully saturated rings. The van der Waals surface area contributed by atoms with Gasteiger partial charge in [-0.15, -0.1) is 0 Å². The zero-order valence-corrected chi connectivity index (χ0v) is 12.0. The number of rotatable bonds is 0. The monoisotopic (exact) mass is 289 g/mol. The van der Waals surface area contributed by atoms with Crippen LogP contribution < -0.4 is 0 Å². The van der Waals surface area contributed by atoms with Gasteiger partial charge in [-0.05, 0) is 39.4 Å². The van der Waals surface area contributed by atoms with E-state index in [0.29, 0.717) is 11.1 Å².